The molecule has 2 saturated heterocycles. The summed E-state index contributed by atoms with van der Waals surface area (Å²) in [5.74, 6) is -4.69. The van der Waals surface area contributed by atoms with Gasteiger partial charge in [-0.05, 0) is 85.7 Å². The summed E-state index contributed by atoms with van der Waals surface area (Å²) in [6, 6.07) is 15.4. The Morgan fingerprint density at radius 3 is 2.31 bits per heavy atom. The summed E-state index contributed by atoms with van der Waals surface area (Å²) in [5.41, 5.74) is 3.08. The molecule has 0 radical (unpaired) electrons. The number of fused-ring (bicyclic) bond motifs is 4. The van der Waals surface area contributed by atoms with Gasteiger partial charge in [-0.25, -0.2) is 4.39 Å². The quantitative estimate of drug-likeness (QED) is 0.248. The molecule has 0 unspecified atom stereocenters. The largest absolute Gasteiger partial charge is 0.463 e. The van der Waals surface area contributed by atoms with Gasteiger partial charge in [-0.2, -0.15) is 5.01 Å². The number of aliphatic hydroxyl groups excluding tert-OH is 1. The third-order valence-corrected chi connectivity index (χ3v) is 11.6. The van der Waals surface area contributed by atoms with Crippen LogP contribution in [0.5, 0.6) is 0 Å². The predicted molar refractivity (Wildman–Crippen MR) is 172 cm³/mol. The number of halogens is 2. The van der Waals surface area contributed by atoms with E-state index < -0.39 is 52.6 Å². The van der Waals surface area contributed by atoms with E-state index >= 15 is 4.79 Å². The van der Waals surface area contributed by atoms with E-state index in [1.807, 2.05) is 6.08 Å². The fraction of sp³-hybridized carbons (Fsp3) is 0.405. The van der Waals surface area contributed by atoms with Crippen molar-refractivity contribution < 1.29 is 33.1 Å². The van der Waals surface area contributed by atoms with Gasteiger partial charge in [0.15, 0.2) is 0 Å². The van der Waals surface area contributed by atoms with Gasteiger partial charge in [0.25, 0.3) is 11.8 Å². The lowest BCUT2D eigenvalue weighted by Gasteiger charge is -2.49. The zero-order valence-electron chi connectivity index (χ0n) is 26.1. The number of allylic oxidation sites excluding steroid dienone is 2. The van der Waals surface area contributed by atoms with Crippen molar-refractivity contribution in [2.24, 2.45) is 23.7 Å². The number of likely N-dealkylation sites (tertiary alicyclic amines) is 1. The summed E-state index contributed by atoms with van der Waals surface area (Å²) in [5, 5.41) is 11.4. The maximum atomic E-state index is 15.1. The highest BCUT2D eigenvalue weighted by Gasteiger charge is 2.71. The van der Waals surface area contributed by atoms with Crippen LogP contribution in [0.4, 0.5) is 10.1 Å². The summed E-state index contributed by atoms with van der Waals surface area (Å²) in [6.45, 7) is -0.369. The number of carbonyl (C=O) groups excluding carboxylic acids is 4. The van der Waals surface area contributed by atoms with E-state index in [0.29, 0.717) is 28.5 Å². The Hall–Kier alpha value is -4.28. The van der Waals surface area contributed by atoms with E-state index in [2.05, 4.69) is 5.43 Å². The molecule has 3 aromatic rings. The van der Waals surface area contributed by atoms with Gasteiger partial charge in [-0.3, -0.25) is 29.5 Å². The minimum absolute atomic E-state index is 0.123. The monoisotopic (exact) mass is 671 g/mol. The molecule has 5 aliphatic rings. The van der Waals surface area contributed by atoms with E-state index in [1.54, 1.807) is 36.4 Å². The molecule has 4 amide bonds. The van der Waals surface area contributed by atoms with Crippen molar-refractivity contribution in [3.8, 4) is 0 Å². The number of aliphatic hydroxyl groups is 1. The highest BCUT2D eigenvalue weighted by molar-refractivity contribution is 6.30. The Morgan fingerprint density at radius 2 is 1.62 bits per heavy atom. The van der Waals surface area contributed by atoms with Crippen molar-refractivity contribution >= 4 is 40.9 Å². The summed E-state index contributed by atoms with van der Waals surface area (Å²) >= 11 is 6.32. The molecule has 3 aliphatic carbocycles. The van der Waals surface area contributed by atoms with Crippen molar-refractivity contribution in [1.82, 2.24) is 9.91 Å². The van der Waals surface area contributed by atoms with Gasteiger partial charge in [-0.1, -0.05) is 54.6 Å². The lowest BCUT2D eigenvalue weighted by atomic mass is 9.50. The van der Waals surface area contributed by atoms with Gasteiger partial charge in [-0.15, -0.1) is 0 Å². The number of hydrazine groups is 1. The number of hydrogen-bond donors (Lipinski definition) is 2. The first-order chi connectivity index (χ1) is 23.2. The van der Waals surface area contributed by atoms with E-state index in [-0.39, 0.29) is 36.6 Å². The second-order valence-corrected chi connectivity index (χ2v) is 14.1. The van der Waals surface area contributed by atoms with E-state index in [4.69, 9.17) is 16.0 Å². The maximum absolute atomic E-state index is 15.1. The molecule has 0 bridgehead atoms. The summed E-state index contributed by atoms with van der Waals surface area (Å²) in [4.78, 5) is 59.5. The van der Waals surface area contributed by atoms with Crippen LogP contribution >= 0.6 is 11.6 Å². The number of nitrogens with zero attached hydrogens (tertiary/aromatic N) is 2. The van der Waals surface area contributed by atoms with Crippen LogP contribution in [0.3, 0.4) is 0 Å². The molecule has 0 spiro atoms. The highest BCUT2D eigenvalue weighted by Crippen LogP contribution is 2.64. The SMILES string of the molecule is O=C1[C@@H]2C[C@@H]3C(=CC[C@@H]4C(=O)N(C5CCCCC5)C(=O)[C@@H]43)[C@H](c3ccc(CO)o3)[C@]2(c2ccc(Cl)cc2)C(=O)N1Nc1ccc(F)cc1. The molecular weight excluding hydrogens is 637 g/mol. The molecule has 4 fully saturated rings. The number of amides is 4. The summed E-state index contributed by atoms with van der Waals surface area (Å²) in [7, 11) is 0. The van der Waals surface area contributed by atoms with Gasteiger partial charge in [0, 0.05) is 11.1 Å². The van der Waals surface area contributed by atoms with E-state index in [0.717, 1.165) is 42.7 Å². The number of furan rings is 1. The lowest BCUT2D eigenvalue weighted by Crippen LogP contribution is -2.53. The average molecular weight is 672 g/mol. The average Bonchev–Trinajstić information content (AvgIpc) is 3.74. The summed E-state index contributed by atoms with van der Waals surface area (Å²) in [6.07, 6.45) is 7.07. The molecule has 2 saturated carbocycles. The van der Waals surface area contributed by atoms with Gasteiger partial charge in [0.1, 0.15) is 29.4 Å². The Labute approximate surface area is 281 Å². The van der Waals surface area contributed by atoms with E-state index in [9.17, 15) is 23.9 Å². The van der Waals surface area contributed by atoms with Gasteiger partial charge in [0.05, 0.1) is 29.4 Å². The Bertz CT molecular complexity index is 1830. The number of nitrogens with one attached hydrogen (secondary N) is 1. The standard InChI is InChI=1S/C37H35ClFN3O6/c38-21-8-6-20(7-9-21)37-29(34(45)42(36(37)47)40-23-12-10-22(39)11-13-23)18-28-26(32(37)30-17-14-25(19-43)48-30)15-16-27-31(28)35(46)41(33(27)44)24-4-2-1-3-5-24/h6-15,17,24,27-29,31-32,40,43H,1-5,16,18-19H2/t27-,28+,29-,31-,32+,37+/m0/s1. The first-order valence-corrected chi connectivity index (χ1v) is 17.0. The lowest BCUT2D eigenvalue weighted by molar-refractivity contribution is -0.144. The third kappa shape index (κ3) is 4.52. The third-order valence-electron chi connectivity index (χ3n) is 11.4. The number of imide groups is 2. The Kier molecular flexibility index (Phi) is 7.56. The summed E-state index contributed by atoms with van der Waals surface area (Å²) < 4.78 is 20.0. The molecule has 1 aromatic heterocycles. The molecule has 2 aromatic carbocycles. The zero-order chi connectivity index (χ0) is 33.3. The van der Waals surface area contributed by atoms with Crippen LogP contribution in [0.15, 0.2) is 76.7 Å². The molecular formula is C37H35ClFN3O6. The van der Waals surface area contributed by atoms with Crippen molar-refractivity contribution in [3.05, 3.63) is 100 Å². The van der Waals surface area contributed by atoms with Crippen molar-refractivity contribution in [3.63, 3.8) is 0 Å². The number of anilines is 1. The highest BCUT2D eigenvalue weighted by atomic mass is 35.5. The molecule has 2 N–H and O–H groups in total. The van der Waals surface area contributed by atoms with Crippen molar-refractivity contribution in [2.45, 2.75) is 68.9 Å². The van der Waals surface area contributed by atoms with Crippen LogP contribution < -0.4 is 5.43 Å². The topological polar surface area (TPSA) is 120 Å². The Balaban J connectivity index is 1.29. The number of rotatable bonds is 6. The molecule has 248 valence electrons. The van der Waals surface area contributed by atoms with Gasteiger partial charge < -0.3 is 9.52 Å². The molecule has 3 heterocycles. The van der Waals surface area contributed by atoms with E-state index in [1.165, 1.54) is 29.2 Å². The van der Waals surface area contributed by atoms with Crippen molar-refractivity contribution in [1.29, 1.82) is 0 Å². The predicted octanol–water partition coefficient (Wildman–Crippen LogP) is 5.88. The minimum Gasteiger partial charge on any atom is -0.463 e. The van der Waals surface area contributed by atoms with Gasteiger partial charge >= 0.3 is 0 Å². The molecule has 2 aliphatic heterocycles. The fourth-order valence-electron chi connectivity index (χ4n) is 9.32. The molecule has 9 nitrogen and oxygen atoms in total. The van der Waals surface area contributed by atoms with Crippen LogP contribution in [-0.2, 0) is 31.2 Å². The molecule has 6 atom stereocenters. The van der Waals surface area contributed by atoms with Crippen LogP contribution in [0.25, 0.3) is 0 Å². The second kappa shape index (κ2) is 11.7. The Morgan fingerprint density at radius 1 is 0.896 bits per heavy atom. The zero-order valence-corrected chi connectivity index (χ0v) is 26.9. The number of benzene rings is 2. The molecule has 48 heavy (non-hydrogen) atoms. The normalized spacial score (nSPS) is 30.3. The van der Waals surface area contributed by atoms with Crippen LogP contribution in [0, 0.1) is 29.5 Å². The van der Waals surface area contributed by atoms with Crippen LogP contribution in [0.1, 0.15) is 67.9 Å². The first kappa shape index (κ1) is 31.0. The number of carbonyl (C=O) groups is 4. The van der Waals surface area contributed by atoms with Crippen molar-refractivity contribution in [2.75, 3.05) is 5.43 Å². The molecule has 11 heteroatoms. The van der Waals surface area contributed by atoms with Crippen LogP contribution in [-0.4, -0.2) is 44.7 Å². The van der Waals surface area contributed by atoms with Gasteiger partial charge in [0.2, 0.25) is 11.8 Å². The fourth-order valence-corrected chi connectivity index (χ4v) is 9.45. The minimum atomic E-state index is -1.52. The van der Waals surface area contributed by atoms with Crippen LogP contribution in [0.2, 0.25) is 5.02 Å². The number of hydrogen-bond acceptors (Lipinski definition) is 7. The molecule has 8 rings (SSSR count). The maximum Gasteiger partial charge on any atom is 0.260 e. The smallest absolute Gasteiger partial charge is 0.260 e. The second-order valence-electron chi connectivity index (χ2n) is 13.7. The first-order valence-electron chi connectivity index (χ1n) is 16.7.